The molecular formula is C9H7ClO3. The average molecular weight is 199 g/mol. The lowest BCUT2D eigenvalue weighted by Gasteiger charge is -1.99. The fourth-order valence-electron chi connectivity index (χ4n) is 0.828. The molecule has 0 aliphatic carbocycles. The van der Waals surface area contributed by atoms with Crippen molar-refractivity contribution in [2.24, 2.45) is 0 Å². The molecule has 1 rings (SSSR count). The van der Waals surface area contributed by atoms with Gasteiger partial charge < -0.3 is 10.2 Å². The number of aromatic hydroxyl groups is 1. The van der Waals surface area contributed by atoms with Crippen LogP contribution in [0.15, 0.2) is 24.3 Å². The number of benzene rings is 1. The second kappa shape index (κ2) is 3.96. The van der Waals surface area contributed by atoms with Gasteiger partial charge in [0.15, 0.2) is 0 Å². The van der Waals surface area contributed by atoms with Crippen LogP contribution in [0.2, 0.25) is 5.02 Å². The summed E-state index contributed by atoms with van der Waals surface area (Å²) in [6, 6.07) is 4.72. The molecule has 0 aliphatic rings. The van der Waals surface area contributed by atoms with Crippen LogP contribution in [-0.4, -0.2) is 16.2 Å². The summed E-state index contributed by atoms with van der Waals surface area (Å²) in [5.41, 5.74) is 0.384. The van der Waals surface area contributed by atoms with Gasteiger partial charge in [-0.25, -0.2) is 4.79 Å². The molecule has 1 aromatic carbocycles. The molecule has 4 heteroatoms. The summed E-state index contributed by atoms with van der Waals surface area (Å²) >= 11 is 5.60. The maximum Gasteiger partial charge on any atom is 0.328 e. The van der Waals surface area contributed by atoms with E-state index in [1.54, 1.807) is 12.1 Å². The molecule has 0 aromatic heterocycles. The summed E-state index contributed by atoms with van der Waals surface area (Å²) < 4.78 is 0. The van der Waals surface area contributed by atoms with Crippen molar-refractivity contribution >= 4 is 23.6 Å². The van der Waals surface area contributed by atoms with Crippen molar-refractivity contribution in [1.29, 1.82) is 0 Å². The number of aliphatic carboxylic acids is 1. The minimum absolute atomic E-state index is 0.110. The molecule has 2 N–H and O–H groups in total. The number of para-hydroxylation sites is 1. The molecule has 0 aliphatic heterocycles. The largest absolute Gasteiger partial charge is 0.506 e. The second-order valence-corrected chi connectivity index (χ2v) is 2.76. The first kappa shape index (κ1) is 9.61. The number of hydrogen-bond donors (Lipinski definition) is 2. The van der Waals surface area contributed by atoms with Gasteiger partial charge in [-0.3, -0.25) is 0 Å². The molecule has 0 amide bonds. The van der Waals surface area contributed by atoms with Crippen LogP contribution >= 0.6 is 11.6 Å². The van der Waals surface area contributed by atoms with E-state index in [1.165, 1.54) is 12.1 Å². The summed E-state index contributed by atoms with van der Waals surface area (Å²) in [5, 5.41) is 17.9. The molecule has 13 heavy (non-hydrogen) atoms. The quantitative estimate of drug-likeness (QED) is 0.716. The zero-order valence-electron chi connectivity index (χ0n) is 6.57. The normalized spacial score (nSPS) is 10.5. The van der Waals surface area contributed by atoms with Gasteiger partial charge in [-0.05, 0) is 12.1 Å². The lowest BCUT2D eigenvalue weighted by Crippen LogP contribution is -1.85. The van der Waals surface area contributed by atoms with E-state index in [0.29, 0.717) is 5.56 Å². The van der Waals surface area contributed by atoms with Gasteiger partial charge in [0.2, 0.25) is 0 Å². The Labute approximate surface area is 79.9 Å². The molecule has 0 unspecified atom stereocenters. The lowest BCUT2D eigenvalue weighted by molar-refractivity contribution is -0.131. The molecule has 0 atom stereocenters. The van der Waals surface area contributed by atoms with Gasteiger partial charge in [0.25, 0.3) is 0 Å². The van der Waals surface area contributed by atoms with Crippen LogP contribution in [0.4, 0.5) is 0 Å². The van der Waals surface area contributed by atoms with Crippen molar-refractivity contribution in [2.75, 3.05) is 0 Å². The van der Waals surface area contributed by atoms with Crippen LogP contribution in [-0.2, 0) is 4.79 Å². The minimum Gasteiger partial charge on any atom is -0.506 e. The Hall–Kier alpha value is -1.48. The van der Waals surface area contributed by atoms with Gasteiger partial charge in [0, 0.05) is 11.6 Å². The van der Waals surface area contributed by atoms with Gasteiger partial charge in [-0.1, -0.05) is 23.7 Å². The highest BCUT2D eigenvalue weighted by atomic mass is 35.5. The highest BCUT2D eigenvalue weighted by molar-refractivity contribution is 6.32. The molecule has 0 saturated heterocycles. The molecule has 0 radical (unpaired) electrons. The van der Waals surface area contributed by atoms with Gasteiger partial charge in [0.05, 0.1) is 5.02 Å². The van der Waals surface area contributed by atoms with Crippen molar-refractivity contribution in [3.05, 3.63) is 34.9 Å². The van der Waals surface area contributed by atoms with E-state index in [-0.39, 0.29) is 10.8 Å². The van der Waals surface area contributed by atoms with E-state index in [2.05, 4.69) is 0 Å². The molecule has 3 nitrogen and oxygen atoms in total. The number of carbonyl (C=O) groups is 1. The van der Waals surface area contributed by atoms with Crippen LogP contribution < -0.4 is 0 Å². The smallest absolute Gasteiger partial charge is 0.328 e. The fraction of sp³-hybridized carbons (Fsp3) is 0. The first-order valence-electron chi connectivity index (χ1n) is 3.50. The van der Waals surface area contributed by atoms with E-state index in [4.69, 9.17) is 16.7 Å². The third kappa shape index (κ3) is 2.49. The minimum atomic E-state index is -1.07. The van der Waals surface area contributed by atoms with Crippen molar-refractivity contribution < 1.29 is 15.0 Å². The number of carboxylic acid groups (broad SMARTS) is 1. The Morgan fingerprint density at radius 1 is 1.46 bits per heavy atom. The van der Waals surface area contributed by atoms with Crippen molar-refractivity contribution in [3.63, 3.8) is 0 Å². The second-order valence-electron chi connectivity index (χ2n) is 2.35. The molecular weight excluding hydrogens is 192 g/mol. The monoisotopic (exact) mass is 198 g/mol. The maximum absolute atomic E-state index is 10.2. The summed E-state index contributed by atoms with van der Waals surface area (Å²) in [6.45, 7) is 0. The first-order valence-corrected chi connectivity index (χ1v) is 3.87. The molecule has 1 aromatic rings. The van der Waals surface area contributed by atoms with E-state index in [0.717, 1.165) is 6.08 Å². The first-order chi connectivity index (χ1) is 6.11. The Balaban J connectivity index is 3.02. The van der Waals surface area contributed by atoms with Crippen molar-refractivity contribution in [2.45, 2.75) is 0 Å². The Bertz CT molecular complexity index is 358. The molecule has 0 heterocycles. The van der Waals surface area contributed by atoms with Gasteiger partial charge in [-0.2, -0.15) is 0 Å². The van der Waals surface area contributed by atoms with Crippen LogP contribution in [0.5, 0.6) is 5.75 Å². The number of rotatable bonds is 2. The number of phenolic OH excluding ortho intramolecular Hbond substituents is 1. The van der Waals surface area contributed by atoms with Crippen LogP contribution in [0.1, 0.15) is 5.56 Å². The Morgan fingerprint density at radius 3 is 2.77 bits per heavy atom. The number of carboxylic acids is 1. The van der Waals surface area contributed by atoms with Gasteiger partial charge in [-0.15, -0.1) is 0 Å². The van der Waals surface area contributed by atoms with E-state index in [9.17, 15) is 9.90 Å². The average Bonchev–Trinajstić information content (AvgIpc) is 2.07. The molecule has 68 valence electrons. The van der Waals surface area contributed by atoms with E-state index < -0.39 is 5.97 Å². The topological polar surface area (TPSA) is 57.5 Å². The van der Waals surface area contributed by atoms with Gasteiger partial charge >= 0.3 is 5.97 Å². The SMILES string of the molecule is O=C(O)/C=C/c1cccc(Cl)c1O. The highest BCUT2D eigenvalue weighted by Crippen LogP contribution is 2.27. The standard InChI is InChI=1S/C9H7ClO3/c10-7-3-1-2-6(9(7)13)4-5-8(11)12/h1-5,13H,(H,11,12)/b5-4+. The lowest BCUT2D eigenvalue weighted by atomic mass is 10.2. The third-order valence-corrected chi connectivity index (χ3v) is 1.73. The number of hydrogen-bond acceptors (Lipinski definition) is 2. The fourth-order valence-corrected chi connectivity index (χ4v) is 1.01. The Morgan fingerprint density at radius 2 is 2.15 bits per heavy atom. The summed E-state index contributed by atoms with van der Waals surface area (Å²) in [7, 11) is 0. The van der Waals surface area contributed by atoms with E-state index >= 15 is 0 Å². The molecule has 0 spiro atoms. The van der Waals surface area contributed by atoms with Crippen LogP contribution in [0, 0.1) is 0 Å². The zero-order chi connectivity index (χ0) is 9.84. The third-order valence-electron chi connectivity index (χ3n) is 1.42. The maximum atomic E-state index is 10.2. The Kier molecular flexibility index (Phi) is 2.93. The van der Waals surface area contributed by atoms with Crippen LogP contribution in [0.25, 0.3) is 6.08 Å². The number of phenols is 1. The summed E-state index contributed by atoms with van der Waals surface area (Å²) in [4.78, 5) is 10.2. The predicted molar refractivity (Wildman–Crippen MR) is 49.8 cm³/mol. The van der Waals surface area contributed by atoms with E-state index in [1.807, 2.05) is 0 Å². The highest BCUT2D eigenvalue weighted by Gasteiger charge is 2.01. The predicted octanol–water partition coefficient (Wildman–Crippen LogP) is 2.14. The number of halogens is 1. The zero-order valence-corrected chi connectivity index (χ0v) is 7.32. The van der Waals surface area contributed by atoms with Crippen molar-refractivity contribution in [1.82, 2.24) is 0 Å². The van der Waals surface area contributed by atoms with Crippen LogP contribution in [0.3, 0.4) is 0 Å². The molecule has 0 fully saturated rings. The van der Waals surface area contributed by atoms with Crippen molar-refractivity contribution in [3.8, 4) is 5.75 Å². The summed E-state index contributed by atoms with van der Waals surface area (Å²) in [5.74, 6) is -1.18. The summed E-state index contributed by atoms with van der Waals surface area (Å²) in [6.07, 6.45) is 2.22. The molecule has 0 saturated carbocycles. The molecule has 0 bridgehead atoms. The van der Waals surface area contributed by atoms with Gasteiger partial charge in [0.1, 0.15) is 5.75 Å².